The van der Waals surface area contributed by atoms with Crippen molar-refractivity contribution in [2.24, 2.45) is 5.73 Å². The van der Waals surface area contributed by atoms with Gasteiger partial charge in [-0.1, -0.05) is 12.1 Å². The SMILES string of the molecule is COc1cccc(C(CN)N2CCN(C)C(C)C2)c1OC. The minimum atomic E-state index is 0.159. The molecule has 1 aliphatic heterocycles. The Hall–Kier alpha value is -1.30. The molecular formula is C16H27N3O2. The molecular weight excluding hydrogens is 266 g/mol. The molecule has 118 valence electrons. The van der Waals surface area contributed by atoms with Crippen molar-refractivity contribution in [3.05, 3.63) is 23.8 Å². The minimum Gasteiger partial charge on any atom is -0.493 e. The van der Waals surface area contributed by atoms with E-state index in [4.69, 9.17) is 15.2 Å². The molecule has 21 heavy (non-hydrogen) atoms. The molecule has 0 amide bonds. The van der Waals surface area contributed by atoms with E-state index in [0.29, 0.717) is 12.6 Å². The van der Waals surface area contributed by atoms with Gasteiger partial charge in [0, 0.05) is 37.8 Å². The van der Waals surface area contributed by atoms with Crippen molar-refractivity contribution in [3.63, 3.8) is 0 Å². The highest BCUT2D eigenvalue weighted by Gasteiger charge is 2.29. The highest BCUT2D eigenvalue weighted by molar-refractivity contribution is 5.48. The number of rotatable bonds is 5. The molecule has 2 N–H and O–H groups in total. The first-order valence-electron chi connectivity index (χ1n) is 7.47. The summed E-state index contributed by atoms with van der Waals surface area (Å²) in [6.45, 7) is 5.91. The number of piperazine rings is 1. The quantitative estimate of drug-likeness (QED) is 0.888. The molecule has 0 spiro atoms. The lowest BCUT2D eigenvalue weighted by Crippen LogP contribution is -2.52. The van der Waals surface area contributed by atoms with Gasteiger partial charge in [-0.25, -0.2) is 0 Å². The summed E-state index contributed by atoms with van der Waals surface area (Å²) in [6.07, 6.45) is 0. The molecule has 0 saturated carbocycles. The second-order valence-electron chi connectivity index (χ2n) is 5.66. The Morgan fingerprint density at radius 2 is 2.05 bits per heavy atom. The van der Waals surface area contributed by atoms with Crippen LogP contribution in [0, 0.1) is 0 Å². The predicted octanol–water partition coefficient (Wildman–Crippen LogP) is 1.34. The van der Waals surface area contributed by atoms with Crippen molar-refractivity contribution in [1.29, 1.82) is 0 Å². The van der Waals surface area contributed by atoms with Gasteiger partial charge in [0.05, 0.1) is 20.3 Å². The standard InChI is InChI=1S/C16H27N3O2/c1-12-11-19(9-8-18(12)2)14(10-17)13-6-5-7-15(20-3)16(13)21-4/h5-7,12,14H,8-11,17H2,1-4H3. The van der Waals surface area contributed by atoms with Crippen molar-refractivity contribution in [2.45, 2.75) is 19.0 Å². The molecule has 5 heteroatoms. The largest absolute Gasteiger partial charge is 0.493 e. The summed E-state index contributed by atoms with van der Waals surface area (Å²) in [7, 11) is 5.52. The maximum absolute atomic E-state index is 6.08. The average molecular weight is 293 g/mol. The zero-order chi connectivity index (χ0) is 15.4. The maximum atomic E-state index is 6.08. The fourth-order valence-corrected chi connectivity index (χ4v) is 3.01. The highest BCUT2D eigenvalue weighted by atomic mass is 16.5. The van der Waals surface area contributed by atoms with Gasteiger partial charge >= 0.3 is 0 Å². The second kappa shape index (κ2) is 7.11. The fourth-order valence-electron chi connectivity index (χ4n) is 3.01. The van der Waals surface area contributed by atoms with Crippen LogP contribution >= 0.6 is 0 Å². The maximum Gasteiger partial charge on any atom is 0.165 e. The molecule has 0 aliphatic carbocycles. The Morgan fingerprint density at radius 3 is 2.62 bits per heavy atom. The molecule has 2 unspecified atom stereocenters. The molecule has 1 fully saturated rings. The molecule has 0 radical (unpaired) electrons. The van der Waals surface area contributed by atoms with E-state index in [2.05, 4.69) is 29.8 Å². The van der Waals surface area contributed by atoms with Crippen LogP contribution in [-0.4, -0.2) is 63.3 Å². The van der Waals surface area contributed by atoms with Crippen LogP contribution in [0.15, 0.2) is 18.2 Å². The van der Waals surface area contributed by atoms with Crippen molar-refractivity contribution in [2.75, 3.05) is 47.4 Å². The second-order valence-corrected chi connectivity index (χ2v) is 5.66. The normalized spacial score (nSPS) is 22.0. The van der Waals surface area contributed by atoms with E-state index in [0.717, 1.165) is 36.7 Å². The van der Waals surface area contributed by atoms with E-state index in [1.807, 2.05) is 12.1 Å². The van der Waals surface area contributed by atoms with Gasteiger partial charge in [-0.15, -0.1) is 0 Å². The monoisotopic (exact) mass is 293 g/mol. The third-order valence-corrected chi connectivity index (χ3v) is 4.45. The molecule has 2 rings (SSSR count). The van der Waals surface area contributed by atoms with Gasteiger partial charge in [-0.05, 0) is 20.0 Å². The van der Waals surface area contributed by atoms with E-state index >= 15 is 0 Å². The number of ether oxygens (including phenoxy) is 2. The zero-order valence-electron chi connectivity index (χ0n) is 13.5. The summed E-state index contributed by atoms with van der Waals surface area (Å²) in [5.74, 6) is 1.55. The summed E-state index contributed by atoms with van der Waals surface area (Å²) < 4.78 is 11.0. The van der Waals surface area contributed by atoms with Crippen LogP contribution in [0.3, 0.4) is 0 Å². The van der Waals surface area contributed by atoms with Gasteiger partial charge in [0.1, 0.15) is 0 Å². The number of nitrogens with zero attached hydrogens (tertiary/aromatic N) is 2. The van der Waals surface area contributed by atoms with Gasteiger partial charge in [-0.3, -0.25) is 4.90 Å². The van der Waals surface area contributed by atoms with Gasteiger partial charge in [0.25, 0.3) is 0 Å². The Balaban J connectivity index is 2.29. The van der Waals surface area contributed by atoms with E-state index in [1.54, 1.807) is 14.2 Å². The van der Waals surface area contributed by atoms with E-state index in [9.17, 15) is 0 Å². The van der Waals surface area contributed by atoms with Crippen molar-refractivity contribution < 1.29 is 9.47 Å². The number of benzene rings is 1. The fraction of sp³-hybridized carbons (Fsp3) is 0.625. The van der Waals surface area contributed by atoms with E-state index in [1.165, 1.54) is 0 Å². The topological polar surface area (TPSA) is 51.0 Å². The summed E-state index contributed by atoms with van der Waals surface area (Å²) in [5, 5.41) is 0. The highest BCUT2D eigenvalue weighted by Crippen LogP contribution is 2.37. The first kappa shape index (κ1) is 16.1. The van der Waals surface area contributed by atoms with Gasteiger partial charge in [0.2, 0.25) is 0 Å². The van der Waals surface area contributed by atoms with E-state index in [-0.39, 0.29) is 6.04 Å². The third kappa shape index (κ3) is 3.31. The van der Waals surface area contributed by atoms with Crippen molar-refractivity contribution in [3.8, 4) is 11.5 Å². The average Bonchev–Trinajstić information content (AvgIpc) is 2.51. The summed E-state index contributed by atoms with van der Waals surface area (Å²) in [6, 6.07) is 6.69. The van der Waals surface area contributed by atoms with Gasteiger partial charge < -0.3 is 20.1 Å². The third-order valence-electron chi connectivity index (χ3n) is 4.45. The molecule has 5 nitrogen and oxygen atoms in total. The van der Waals surface area contributed by atoms with Gasteiger partial charge in [0.15, 0.2) is 11.5 Å². The molecule has 2 atom stereocenters. The lowest BCUT2D eigenvalue weighted by Gasteiger charge is -2.42. The Morgan fingerprint density at radius 1 is 1.29 bits per heavy atom. The first-order valence-corrected chi connectivity index (χ1v) is 7.47. The van der Waals surface area contributed by atoms with Crippen LogP contribution in [0.2, 0.25) is 0 Å². The predicted molar refractivity (Wildman–Crippen MR) is 85.0 cm³/mol. The van der Waals surface area contributed by atoms with E-state index < -0.39 is 0 Å². The lowest BCUT2D eigenvalue weighted by atomic mass is 10.0. The summed E-state index contributed by atoms with van der Waals surface area (Å²) in [4.78, 5) is 4.83. The number of nitrogens with two attached hydrogens (primary N) is 1. The van der Waals surface area contributed by atoms with Crippen molar-refractivity contribution in [1.82, 2.24) is 9.80 Å². The first-order chi connectivity index (χ1) is 10.1. The Kier molecular flexibility index (Phi) is 5.45. The molecule has 0 bridgehead atoms. The van der Waals surface area contributed by atoms with Crippen molar-refractivity contribution >= 4 is 0 Å². The lowest BCUT2D eigenvalue weighted by molar-refractivity contribution is 0.0731. The molecule has 1 aromatic carbocycles. The molecule has 1 saturated heterocycles. The zero-order valence-corrected chi connectivity index (χ0v) is 13.5. The smallest absolute Gasteiger partial charge is 0.165 e. The molecule has 1 heterocycles. The number of hydrogen-bond acceptors (Lipinski definition) is 5. The van der Waals surface area contributed by atoms with Crippen LogP contribution in [0.25, 0.3) is 0 Å². The number of likely N-dealkylation sites (N-methyl/N-ethyl adjacent to an activating group) is 1. The Labute approximate surface area is 127 Å². The van der Waals surface area contributed by atoms with Crippen LogP contribution in [0.4, 0.5) is 0 Å². The van der Waals surface area contributed by atoms with Gasteiger partial charge in [-0.2, -0.15) is 0 Å². The molecule has 1 aromatic rings. The minimum absolute atomic E-state index is 0.159. The van der Waals surface area contributed by atoms with Crippen LogP contribution in [0.1, 0.15) is 18.5 Å². The molecule has 0 aromatic heterocycles. The molecule has 1 aliphatic rings. The number of hydrogen-bond donors (Lipinski definition) is 1. The van der Waals surface area contributed by atoms with Crippen LogP contribution in [0.5, 0.6) is 11.5 Å². The summed E-state index contributed by atoms with van der Waals surface area (Å²) in [5.41, 5.74) is 7.19. The number of methoxy groups -OCH3 is 2. The summed E-state index contributed by atoms with van der Waals surface area (Å²) >= 11 is 0. The number of para-hydroxylation sites is 1. The van der Waals surface area contributed by atoms with Crippen LogP contribution in [-0.2, 0) is 0 Å². The van der Waals surface area contributed by atoms with Crippen LogP contribution < -0.4 is 15.2 Å². The Bertz CT molecular complexity index is 467.